The highest BCUT2D eigenvalue weighted by molar-refractivity contribution is 7.09. The first-order valence-electron chi connectivity index (χ1n) is 5.92. The molecule has 0 aliphatic carbocycles. The van der Waals surface area contributed by atoms with Crippen molar-refractivity contribution in [3.05, 3.63) is 46.4 Å². The van der Waals surface area contributed by atoms with Crippen molar-refractivity contribution in [2.24, 2.45) is 0 Å². The molecule has 0 spiro atoms. The minimum Gasteiger partial charge on any atom is -0.395 e. The van der Waals surface area contributed by atoms with Crippen LogP contribution in [0.2, 0.25) is 0 Å². The lowest BCUT2D eigenvalue weighted by molar-refractivity contribution is 0.627. The smallest absolute Gasteiger partial charge is 0.148 e. The Bertz CT molecular complexity index is 509. The highest BCUT2D eigenvalue weighted by Crippen LogP contribution is 2.29. The molecule has 0 aliphatic heterocycles. The van der Waals surface area contributed by atoms with Crippen LogP contribution in [0.4, 0.5) is 15.8 Å². The van der Waals surface area contributed by atoms with E-state index in [1.807, 2.05) is 17.5 Å². The molecule has 1 heterocycles. The van der Waals surface area contributed by atoms with E-state index < -0.39 is 0 Å². The summed E-state index contributed by atoms with van der Waals surface area (Å²) in [6.45, 7) is 4.92. The number of thiophene rings is 1. The zero-order valence-corrected chi connectivity index (χ0v) is 11.4. The lowest BCUT2D eigenvalue weighted by Gasteiger charge is -2.29. The van der Waals surface area contributed by atoms with Gasteiger partial charge in [0.05, 0.1) is 17.9 Å². The summed E-state index contributed by atoms with van der Waals surface area (Å²) in [4.78, 5) is 3.36. The van der Waals surface area contributed by atoms with E-state index in [1.54, 1.807) is 17.4 Å². The molecule has 0 saturated heterocycles. The number of rotatable bonds is 4. The molecule has 1 aromatic carbocycles. The number of nitrogens with two attached hydrogens (primary N) is 1. The van der Waals surface area contributed by atoms with Crippen LogP contribution < -0.4 is 10.6 Å². The Hall–Kier alpha value is -1.55. The normalized spacial score (nSPS) is 10.9. The van der Waals surface area contributed by atoms with Crippen LogP contribution in [-0.2, 0) is 6.54 Å². The van der Waals surface area contributed by atoms with Gasteiger partial charge in [-0.15, -0.1) is 11.3 Å². The third-order valence-electron chi connectivity index (χ3n) is 2.87. The Balaban J connectivity index is 2.33. The van der Waals surface area contributed by atoms with Crippen LogP contribution in [-0.4, -0.2) is 6.04 Å². The number of benzene rings is 1. The molecule has 1 aromatic heterocycles. The molecule has 0 amide bonds. The molecule has 4 heteroatoms. The van der Waals surface area contributed by atoms with Crippen molar-refractivity contribution in [1.29, 1.82) is 0 Å². The zero-order chi connectivity index (χ0) is 13.1. The number of nitrogens with zero attached hydrogens (tertiary/aromatic N) is 1. The van der Waals surface area contributed by atoms with Crippen LogP contribution in [0.3, 0.4) is 0 Å². The van der Waals surface area contributed by atoms with Gasteiger partial charge in [-0.3, -0.25) is 0 Å². The Morgan fingerprint density at radius 2 is 2.06 bits per heavy atom. The Kier molecular flexibility index (Phi) is 3.87. The average Bonchev–Trinajstić information content (AvgIpc) is 2.83. The molecule has 0 saturated carbocycles. The fraction of sp³-hybridized carbons (Fsp3) is 0.286. The van der Waals surface area contributed by atoms with Gasteiger partial charge in [-0.1, -0.05) is 12.1 Å². The van der Waals surface area contributed by atoms with Crippen molar-refractivity contribution in [2.45, 2.75) is 26.4 Å². The van der Waals surface area contributed by atoms with E-state index in [-0.39, 0.29) is 17.5 Å². The van der Waals surface area contributed by atoms with Crippen molar-refractivity contribution in [3.63, 3.8) is 0 Å². The molecule has 0 unspecified atom stereocenters. The van der Waals surface area contributed by atoms with E-state index in [2.05, 4.69) is 24.8 Å². The lowest BCUT2D eigenvalue weighted by atomic mass is 10.2. The topological polar surface area (TPSA) is 29.3 Å². The third kappa shape index (κ3) is 2.64. The van der Waals surface area contributed by atoms with Gasteiger partial charge in [0.25, 0.3) is 0 Å². The molecule has 18 heavy (non-hydrogen) atoms. The number of hydrogen-bond donors (Lipinski definition) is 1. The second-order valence-electron chi connectivity index (χ2n) is 4.47. The number of anilines is 2. The summed E-state index contributed by atoms with van der Waals surface area (Å²) in [5.41, 5.74) is 6.82. The minimum atomic E-state index is -0.357. The molecular weight excluding hydrogens is 247 g/mol. The van der Waals surface area contributed by atoms with E-state index in [4.69, 9.17) is 5.73 Å². The second kappa shape index (κ2) is 5.40. The number of para-hydroxylation sites is 1. The van der Waals surface area contributed by atoms with Gasteiger partial charge >= 0.3 is 0 Å². The van der Waals surface area contributed by atoms with Gasteiger partial charge in [-0.25, -0.2) is 4.39 Å². The standard InChI is InChI=1S/C14H17FN2S/c1-10(2)17(9-11-5-4-8-18-11)13-7-3-6-12(15)14(13)16/h3-8,10H,9,16H2,1-2H3. The molecule has 0 atom stereocenters. The van der Waals surface area contributed by atoms with E-state index in [0.29, 0.717) is 0 Å². The SMILES string of the molecule is CC(C)N(Cc1cccs1)c1cccc(F)c1N. The molecule has 2 nitrogen and oxygen atoms in total. The Morgan fingerprint density at radius 3 is 2.67 bits per heavy atom. The van der Waals surface area contributed by atoms with Crippen molar-refractivity contribution in [2.75, 3.05) is 10.6 Å². The van der Waals surface area contributed by atoms with Gasteiger partial charge in [0, 0.05) is 10.9 Å². The van der Waals surface area contributed by atoms with Crippen molar-refractivity contribution < 1.29 is 4.39 Å². The maximum absolute atomic E-state index is 13.5. The summed E-state index contributed by atoms with van der Waals surface area (Å²) in [5.74, 6) is -0.357. The number of nitrogen functional groups attached to an aromatic ring is 1. The molecule has 96 valence electrons. The van der Waals surface area contributed by atoms with Crippen LogP contribution in [0.5, 0.6) is 0 Å². The van der Waals surface area contributed by atoms with Crippen molar-refractivity contribution >= 4 is 22.7 Å². The van der Waals surface area contributed by atoms with E-state index in [9.17, 15) is 4.39 Å². The maximum Gasteiger partial charge on any atom is 0.148 e. The van der Waals surface area contributed by atoms with Gasteiger partial charge in [0.15, 0.2) is 0 Å². The number of hydrogen-bond acceptors (Lipinski definition) is 3. The zero-order valence-electron chi connectivity index (χ0n) is 10.6. The molecule has 0 aliphatic rings. The van der Waals surface area contributed by atoms with Crippen molar-refractivity contribution in [3.8, 4) is 0 Å². The quantitative estimate of drug-likeness (QED) is 0.849. The van der Waals surface area contributed by atoms with Crippen LogP contribution in [0.1, 0.15) is 18.7 Å². The average molecular weight is 264 g/mol. The second-order valence-corrected chi connectivity index (χ2v) is 5.51. The summed E-state index contributed by atoms with van der Waals surface area (Å²) in [5, 5.41) is 2.04. The fourth-order valence-electron chi connectivity index (χ4n) is 1.89. The Morgan fingerprint density at radius 1 is 1.28 bits per heavy atom. The van der Waals surface area contributed by atoms with E-state index in [1.165, 1.54) is 10.9 Å². The highest BCUT2D eigenvalue weighted by Gasteiger charge is 2.16. The lowest BCUT2D eigenvalue weighted by Crippen LogP contribution is -2.30. The van der Waals surface area contributed by atoms with Crippen LogP contribution in [0, 0.1) is 5.82 Å². The van der Waals surface area contributed by atoms with E-state index in [0.717, 1.165) is 12.2 Å². The van der Waals surface area contributed by atoms with Gasteiger partial charge in [0.1, 0.15) is 5.82 Å². The first-order valence-corrected chi connectivity index (χ1v) is 6.80. The van der Waals surface area contributed by atoms with Crippen molar-refractivity contribution in [1.82, 2.24) is 0 Å². The summed E-state index contributed by atoms with van der Waals surface area (Å²) in [6, 6.07) is 9.32. The van der Waals surface area contributed by atoms with Crippen LogP contribution >= 0.6 is 11.3 Å². The first-order chi connectivity index (χ1) is 8.59. The predicted octanol–water partition coefficient (Wildman–Crippen LogP) is 3.88. The highest BCUT2D eigenvalue weighted by atomic mass is 32.1. The van der Waals surface area contributed by atoms with Gasteiger partial charge in [-0.05, 0) is 37.4 Å². The first kappa shape index (κ1) is 12.9. The number of halogens is 1. The molecule has 2 aromatic rings. The summed E-state index contributed by atoms with van der Waals surface area (Å²) in [7, 11) is 0. The molecule has 0 fully saturated rings. The summed E-state index contributed by atoms with van der Waals surface area (Å²) < 4.78 is 13.5. The van der Waals surface area contributed by atoms with Crippen LogP contribution in [0.25, 0.3) is 0 Å². The molecule has 0 bridgehead atoms. The maximum atomic E-state index is 13.5. The van der Waals surface area contributed by atoms with Gasteiger partial charge < -0.3 is 10.6 Å². The largest absolute Gasteiger partial charge is 0.395 e. The predicted molar refractivity (Wildman–Crippen MR) is 76.5 cm³/mol. The monoisotopic (exact) mass is 264 g/mol. The van der Waals surface area contributed by atoms with Gasteiger partial charge in [0.2, 0.25) is 0 Å². The third-order valence-corrected chi connectivity index (χ3v) is 3.73. The van der Waals surface area contributed by atoms with Crippen LogP contribution in [0.15, 0.2) is 35.7 Å². The molecule has 2 rings (SSSR count). The fourth-order valence-corrected chi connectivity index (χ4v) is 2.60. The molecule has 2 N–H and O–H groups in total. The molecular formula is C14H17FN2S. The summed E-state index contributed by atoms with van der Waals surface area (Å²) >= 11 is 1.70. The minimum absolute atomic E-state index is 0.225. The molecule has 0 radical (unpaired) electrons. The summed E-state index contributed by atoms with van der Waals surface area (Å²) in [6.07, 6.45) is 0. The Labute approximate surface area is 111 Å². The van der Waals surface area contributed by atoms with Gasteiger partial charge in [-0.2, -0.15) is 0 Å². The van der Waals surface area contributed by atoms with E-state index >= 15 is 0 Å².